The van der Waals surface area contributed by atoms with E-state index in [-0.39, 0.29) is 0 Å². The van der Waals surface area contributed by atoms with Crippen LogP contribution in [0.25, 0.3) is 0 Å². The third-order valence-electron chi connectivity index (χ3n) is 5.24. The van der Waals surface area contributed by atoms with Crippen LogP contribution in [-0.2, 0) is 6.18 Å². The van der Waals surface area contributed by atoms with Gasteiger partial charge >= 0.3 is 6.18 Å². The molecule has 0 atom stereocenters. The molecule has 0 amide bonds. The first-order chi connectivity index (χ1) is 11.5. The molecule has 3 rings (SSSR count). The van der Waals surface area contributed by atoms with Crippen LogP contribution >= 0.6 is 0 Å². The standard InChI is InChI=1S/C18H26F3N3/c19-18(20,21)16-1-3-17(4-2-16)24-13-11-23(12-14-24)10-7-15-5-8-22-9-6-15/h1-4,15,22H,5-14H2. The fourth-order valence-electron chi connectivity index (χ4n) is 3.63. The highest BCUT2D eigenvalue weighted by Gasteiger charge is 2.30. The molecule has 6 heteroatoms. The maximum atomic E-state index is 12.6. The van der Waals surface area contributed by atoms with E-state index in [9.17, 15) is 13.2 Å². The third-order valence-corrected chi connectivity index (χ3v) is 5.24. The van der Waals surface area contributed by atoms with E-state index >= 15 is 0 Å². The average Bonchev–Trinajstić information content (AvgIpc) is 2.61. The number of alkyl halides is 3. The minimum Gasteiger partial charge on any atom is -0.369 e. The van der Waals surface area contributed by atoms with Gasteiger partial charge in [-0.2, -0.15) is 13.2 Å². The molecule has 2 aliphatic rings. The zero-order valence-electron chi connectivity index (χ0n) is 14.0. The minimum absolute atomic E-state index is 0.577. The van der Waals surface area contributed by atoms with Crippen LogP contribution in [0.3, 0.4) is 0 Å². The van der Waals surface area contributed by atoms with Gasteiger partial charge in [0.1, 0.15) is 0 Å². The van der Waals surface area contributed by atoms with E-state index in [4.69, 9.17) is 0 Å². The van der Waals surface area contributed by atoms with E-state index in [1.54, 1.807) is 12.1 Å². The highest BCUT2D eigenvalue weighted by molar-refractivity contribution is 5.48. The summed E-state index contributed by atoms with van der Waals surface area (Å²) < 4.78 is 37.9. The molecule has 2 fully saturated rings. The predicted octanol–water partition coefficient (Wildman–Crippen LogP) is 3.22. The molecule has 134 valence electrons. The molecule has 2 heterocycles. The lowest BCUT2D eigenvalue weighted by molar-refractivity contribution is -0.137. The summed E-state index contributed by atoms with van der Waals surface area (Å²) in [7, 11) is 0. The van der Waals surface area contributed by atoms with Crippen molar-refractivity contribution < 1.29 is 13.2 Å². The zero-order valence-corrected chi connectivity index (χ0v) is 14.0. The van der Waals surface area contributed by atoms with Crippen LogP contribution in [0, 0.1) is 5.92 Å². The number of nitrogens with one attached hydrogen (secondary N) is 1. The van der Waals surface area contributed by atoms with E-state index in [1.165, 1.54) is 31.4 Å². The summed E-state index contributed by atoms with van der Waals surface area (Å²) in [4.78, 5) is 4.67. The summed E-state index contributed by atoms with van der Waals surface area (Å²) in [6.07, 6.45) is -0.426. The normalized spacial score (nSPS) is 21.2. The van der Waals surface area contributed by atoms with Crippen LogP contribution in [-0.4, -0.2) is 50.7 Å². The number of nitrogens with zero attached hydrogens (tertiary/aromatic N) is 2. The van der Waals surface area contributed by atoms with Crippen LogP contribution in [0.15, 0.2) is 24.3 Å². The molecule has 2 aliphatic heterocycles. The average molecular weight is 341 g/mol. The Labute approximate surface area is 141 Å². The van der Waals surface area contributed by atoms with Gasteiger partial charge < -0.3 is 10.2 Å². The molecule has 24 heavy (non-hydrogen) atoms. The predicted molar refractivity (Wildman–Crippen MR) is 90.3 cm³/mol. The third kappa shape index (κ3) is 4.63. The Morgan fingerprint density at radius 3 is 2.17 bits per heavy atom. The molecule has 0 aromatic heterocycles. The zero-order chi connectivity index (χ0) is 17.0. The Bertz CT molecular complexity index is 501. The van der Waals surface area contributed by atoms with Gasteiger partial charge in [0.25, 0.3) is 0 Å². The summed E-state index contributed by atoms with van der Waals surface area (Å²) in [6.45, 7) is 7.19. The van der Waals surface area contributed by atoms with Crippen LogP contribution in [0.1, 0.15) is 24.8 Å². The van der Waals surface area contributed by atoms with Gasteiger partial charge in [-0.05, 0) is 69.1 Å². The largest absolute Gasteiger partial charge is 0.416 e. The maximum absolute atomic E-state index is 12.6. The van der Waals surface area contributed by atoms with E-state index in [2.05, 4.69) is 15.1 Å². The lowest BCUT2D eigenvalue weighted by Gasteiger charge is -2.37. The second kappa shape index (κ2) is 7.74. The van der Waals surface area contributed by atoms with Crippen molar-refractivity contribution in [1.82, 2.24) is 10.2 Å². The summed E-state index contributed by atoms with van der Waals surface area (Å²) >= 11 is 0. The first-order valence-electron chi connectivity index (χ1n) is 8.87. The molecule has 1 aromatic rings. The molecule has 0 spiro atoms. The number of benzene rings is 1. The topological polar surface area (TPSA) is 18.5 Å². The Hall–Kier alpha value is -1.27. The summed E-state index contributed by atoms with van der Waals surface area (Å²) in [5.74, 6) is 0.846. The molecule has 1 aromatic carbocycles. The molecular formula is C18H26F3N3. The Balaban J connectivity index is 1.44. The Morgan fingerprint density at radius 2 is 1.58 bits per heavy atom. The molecule has 3 nitrogen and oxygen atoms in total. The lowest BCUT2D eigenvalue weighted by atomic mass is 9.94. The molecule has 0 bridgehead atoms. The van der Waals surface area contributed by atoms with E-state index < -0.39 is 11.7 Å². The Kier molecular flexibility index (Phi) is 5.66. The van der Waals surface area contributed by atoms with E-state index in [0.29, 0.717) is 0 Å². The molecular weight excluding hydrogens is 315 g/mol. The van der Waals surface area contributed by atoms with E-state index in [0.717, 1.165) is 57.4 Å². The van der Waals surface area contributed by atoms with Crippen molar-refractivity contribution in [1.29, 1.82) is 0 Å². The summed E-state index contributed by atoms with van der Waals surface area (Å²) in [6, 6.07) is 5.54. The smallest absolute Gasteiger partial charge is 0.369 e. The van der Waals surface area contributed by atoms with Crippen molar-refractivity contribution >= 4 is 5.69 Å². The second-order valence-electron chi connectivity index (χ2n) is 6.86. The van der Waals surface area contributed by atoms with Crippen molar-refractivity contribution in [3.8, 4) is 0 Å². The molecule has 0 radical (unpaired) electrons. The van der Waals surface area contributed by atoms with Crippen molar-refractivity contribution in [3.63, 3.8) is 0 Å². The van der Waals surface area contributed by atoms with Gasteiger partial charge in [-0.25, -0.2) is 0 Å². The first kappa shape index (κ1) is 17.5. The van der Waals surface area contributed by atoms with Crippen molar-refractivity contribution in [2.24, 2.45) is 5.92 Å². The number of hydrogen-bond acceptors (Lipinski definition) is 3. The molecule has 2 saturated heterocycles. The van der Waals surface area contributed by atoms with Gasteiger partial charge in [-0.3, -0.25) is 4.90 Å². The first-order valence-corrected chi connectivity index (χ1v) is 8.87. The number of rotatable bonds is 4. The van der Waals surface area contributed by atoms with E-state index in [1.807, 2.05) is 0 Å². The number of anilines is 1. The van der Waals surface area contributed by atoms with Gasteiger partial charge in [0.15, 0.2) is 0 Å². The highest BCUT2D eigenvalue weighted by Crippen LogP contribution is 2.30. The molecule has 0 saturated carbocycles. The SMILES string of the molecule is FC(F)(F)c1ccc(N2CCN(CCC3CCNCC3)CC2)cc1. The van der Waals surface area contributed by atoms with Gasteiger partial charge in [0.2, 0.25) is 0 Å². The fraction of sp³-hybridized carbons (Fsp3) is 0.667. The number of piperidine rings is 1. The van der Waals surface area contributed by atoms with Crippen LogP contribution < -0.4 is 10.2 Å². The second-order valence-corrected chi connectivity index (χ2v) is 6.86. The van der Waals surface area contributed by atoms with Gasteiger partial charge in [-0.15, -0.1) is 0 Å². The van der Waals surface area contributed by atoms with Gasteiger partial charge in [0, 0.05) is 31.9 Å². The Morgan fingerprint density at radius 1 is 0.958 bits per heavy atom. The molecule has 0 unspecified atom stereocenters. The van der Waals surface area contributed by atoms with Crippen molar-refractivity contribution in [3.05, 3.63) is 29.8 Å². The summed E-state index contributed by atoms with van der Waals surface area (Å²) in [5.41, 5.74) is 0.313. The van der Waals surface area contributed by atoms with Crippen molar-refractivity contribution in [2.45, 2.75) is 25.4 Å². The van der Waals surface area contributed by atoms with Crippen LogP contribution in [0.5, 0.6) is 0 Å². The van der Waals surface area contributed by atoms with Gasteiger partial charge in [-0.1, -0.05) is 0 Å². The fourth-order valence-corrected chi connectivity index (χ4v) is 3.63. The van der Waals surface area contributed by atoms with Crippen molar-refractivity contribution in [2.75, 3.05) is 50.7 Å². The molecule has 1 N–H and O–H groups in total. The number of halogens is 3. The number of hydrogen-bond donors (Lipinski definition) is 1. The summed E-state index contributed by atoms with van der Waals surface area (Å²) in [5, 5.41) is 3.40. The highest BCUT2D eigenvalue weighted by atomic mass is 19.4. The minimum atomic E-state index is -4.26. The molecule has 0 aliphatic carbocycles. The maximum Gasteiger partial charge on any atom is 0.416 e. The monoisotopic (exact) mass is 341 g/mol. The van der Waals surface area contributed by atoms with Gasteiger partial charge in [0.05, 0.1) is 5.56 Å². The number of piperazine rings is 1. The van der Waals surface area contributed by atoms with Crippen LogP contribution in [0.2, 0.25) is 0 Å². The van der Waals surface area contributed by atoms with Crippen LogP contribution in [0.4, 0.5) is 18.9 Å². The lowest BCUT2D eigenvalue weighted by Crippen LogP contribution is -2.47. The quantitative estimate of drug-likeness (QED) is 0.907.